The summed E-state index contributed by atoms with van der Waals surface area (Å²) in [6, 6.07) is 7.30. The van der Waals surface area contributed by atoms with Gasteiger partial charge in [-0.2, -0.15) is 0 Å². The summed E-state index contributed by atoms with van der Waals surface area (Å²) in [7, 11) is 0. The lowest BCUT2D eigenvalue weighted by molar-refractivity contribution is 0.101. The minimum atomic E-state index is -0.562. The van der Waals surface area contributed by atoms with Gasteiger partial charge in [0.2, 0.25) is 0 Å². The minimum absolute atomic E-state index is 0.00229. The fourth-order valence-corrected chi connectivity index (χ4v) is 1.43. The van der Waals surface area contributed by atoms with E-state index in [4.69, 9.17) is 4.74 Å². The van der Waals surface area contributed by atoms with Gasteiger partial charge in [0.25, 0.3) is 0 Å². The molecule has 0 heterocycles. The fourth-order valence-electron chi connectivity index (χ4n) is 1.43. The van der Waals surface area contributed by atoms with Crippen LogP contribution in [0.4, 0.5) is 0 Å². The van der Waals surface area contributed by atoms with Gasteiger partial charge >= 0.3 is 0 Å². The highest BCUT2D eigenvalue weighted by molar-refractivity contribution is 5.94. The molecule has 0 aliphatic carbocycles. The van der Waals surface area contributed by atoms with Gasteiger partial charge in [0, 0.05) is 18.2 Å². The molecule has 0 aliphatic heterocycles. The number of ketones is 1. The van der Waals surface area contributed by atoms with Crippen LogP contribution in [-0.4, -0.2) is 36.2 Å². The van der Waals surface area contributed by atoms with Crippen LogP contribution in [0, 0.1) is 0 Å². The fraction of sp³-hybridized carbons (Fsp3) is 0.500. The number of ether oxygens (including phenoxy) is 1. The predicted octanol–water partition coefficient (Wildman–Crippen LogP) is 1.63. The Morgan fingerprint density at radius 3 is 2.78 bits per heavy atom. The van der Waals surface area contributed by atoms with Crippen LogP contribution >= 0.6 is 0 Å². The third kappa shape index (κ3) is 5.29. The Morgan fingerprint density at radius 2 is 2.17 bits per heavy atom. The van der Waals surface area contributed by atoms with E-state index in [1.165, 1.54) is 6.92 Å². The van der Waals surface area contributed by atoms with Crippen LogP contribution in [0.15, 0.2) is 24.3 Å². The van der Waals surface area contributed by atoms with Crippen LogP contribution in [0.25, 0.3) is 0 Å². The van der Waals surface area contributed by atoms with Crippen LogP contribution in [0.5, 0.6) is 5.75 Å². The smallest absolute Gasteiger partial charge is 0.159 e. The van der Waals surface area contributed by atoms with Crippen molar-refractivity contribution in [1.29, 1.82) is 0 Å². The van der Waals surface area contributed by atoms with E-state index in [0.29, 0.717) is 23.9 Å². The molecule has 1 unspecified atom stereocenters. The summed E-state index contributed by atoms with van der Waals surface area (Å²) >= 11 is 0. The van der Waals surface area contributed by atoms with Crippen LogP contribution in [0.1, 0.15) is 31.1 Å². The largest absolute Gasteiger partial charge is 0.491 e. The topological polar surface area (TPSA) is 58.6 Å². The number of hydrogen-bond acceptors (Lipinski definition) is 4. The lowest BCUT2D eigenvalue weighted by Crippen LogP contribution is -2.35. The van der Waals surface area contributed by atoms with Gasteiger partial charge < -0.3 is 15.2 Å². The van der Waals surface area contributed by atoms with E-state index in [1.807, 2.05) is 13.8 Å². The van der Waals surface area contributed by atoms with Crippen molar-refractivity contribution in [2.24, 2.45) is 0 Å². The molecule has 0 aliphatic rings. The first-order valence-corrected chi connectivity index (χ1v) is 6.14. The van der Waals surface area contributed by atoms with Crippen molar-refractivity contribution in [3.63, 3.8) is 0 Å². The number of aliphatic hydroxyl groups excluding tert-OH is 1. The molecule has 0 amide bonds. The van der Waals surface area contributed by atoms with Crippen LogP contribution in [0.3, 0.4) is 0 Å². The molecule has 0 fully saturated rings. The maximum absolute atomic E-state index is 11.2. The van der Waals surface area contributed by atoms with Crippen molar-refractivity contribution >= 4 is 5.78 Å². The van der Waals surface area contributed by atoms with Gasteiger partial charge in [0.05, 0.1) is 0 Å². The molecule has 0 spiro atoms. The van der Waals surface area contributed by atoms with Crippen LogP contribution in [0.2, 0.25) is 0 Å². The van der Waals surface area contributed by atoms with Gasteiger partial charge in [-0.15, -0.1) is 0 Å². The van der Waals surface area contributed by atoms with Crippen LogP contribution in [-0.2, 0) is 0 Å². The summed E-state index contributed by atoms with van der Waals surface area (Å²) in [5.74, 6) is 0.605. The van der Waals surface area contributed by atoms with E-state index < -0.39 is 6.10 Å². The maximum atomic E-state index is 11.2. The molecule has 0 aromatic heterocycles. The second kappa shape index (κ2) is 7.13. The highest BCUT2D eigenvalue weighted by Crippen LogP contribution is 2.13. The summed E-state index contributed by atoms with van der Waals surface area (Å²) in [4.78, 5) is 11.2. The minimum Gasteiger partial charge on any atom is -0.491 e. The zero-order valence-electron chi connectivity index (χ0n) is 11.1. The Labute approximate surface area is 108 Å². The van der Waals surface area contributed by atoms with E-state index in [1.54, 1.807) is 24.3 Å². The van der Waals surface area contributed by atoms with Gasteiger partial charge in [-0.25, -0.2) is 0 Å². The second-order valence-electron chi connectivity index (χ2n) is 4.61. The lowest BCUT2D eigenvalue weighted by atomic mass is 10.1. The average Bonchev–Trinajstić information content (AvgIpc) is 2.34. The van der Waals surface area contributed by atoms with E-state index in [9.17, 15) is 9.90 Å². The molecular weight excluding hydrogens is 230 g/mol. The van der Waals surface area contributed by atoms with E-state index in [-0.39, 0.29) is 12.4 Å². The number of rotatable bonds is 7. The van der Waals surface area contributed by atoms with Gasteiger partial charge in [-0.1, -0.05) is 26.0 Å². The van der Waals surface area contributed by atoms with Gasteiger partial charge in [0.15, 0.2) is 5.78 Å². The summed E-state index contributed by atoms with van der Waals surface area (Å²) in [5, 5.41) is 12.8. The zero-order chi connectivity index (χ0) is 13.5. The highest BCUT2D eigenvalue weighted by Gasteiger charge is 2.07. The summed E-state index contributed by atoms with van der Waals surface area (Å²) in [6.45, 7) is 6.25. The Bertz CT molecular complexity index is 390. The molecule has 1 aromatic rings. The number of carbonyl (C=O) groups is 1. The van der Waals surface area contributed by atoms with Crippen molar-refractivity contribution < 1.29 is 14.6 Å². The first-order valence-electron chi connectivity index (χ1n) is 6.14. The quantitative estimate of drug-likeness (QED) is 0.723. The number of aliphatic hydroxyl groups is 1. The number of benzene rings is 1. The summed E-state index contributed by atoms with van der Waals surface area (Å²) < 4.78 is 5.45. The molecule has 4 nitrogen and oxygen atoms in total. The third-order valence-corrected chi connectivity index (χ3v) is 2.44. The zero-order valence-corrected chi connectivity index (χ0v) is 11.1. The van der Waals surface area contributed by atoms with Crippen molar-refractivity contribution in [2.75, 3.05) is 13.2 Å². The van der Waals surface area contributed by atoms with Crippen molar-refractivity contribution in [3.05, 3.63) is 29.8 Å². The molecule has 100 valence electrons. The number of carbonyl (C=O) groups excluding carboxylic acids is 1. The highest BCUT2D eigenvalue weighted by atomic mass is 16.5. The predicted molar refractivity (Wildman–Crippen MR) is 71.1 cm³/mol. The SMILES string of the molecule is CC(=O)c1cccc(OCC(O)CNC(C)C)c1. The molecule has 4 heteroatoms. The van der Waals surface area contributed by atoms with Gasteiger partial charge in [-0.3, -0.25) is 4.79 Å². The van der Waals surface area contributed by atoms with Crippen LogP contribution < -0.4 is 10.1 Å². The number of Topliss-reactive ketones (excluding diaryl/α,β-unsaturated/α-hetero) is 1. The van der Waals surface area contributed by atoms with Crippen molar-refractivity contribution in [1.82, 2.24) is 5.32 Å². The lowest BCUT2D eigenvalue weighted by Gasteiger charge is -2.15. The molecule has 0 saturated heterocycles. The molecular formula is C14H21NO3. The Hall–Kier alpha value is -1.39. The van der Waals surface area contributed by atoms with E-state index in [2.05, 4.69) is 5.32 Å². The first-order chi connectivity index (χ1) is 8.49. The molecule has 0 bridgehead atoms. The van der Waals surface area contributed by atoms with Crippen molar-refractivity contribution in [3.8, 4) is 5.75 Å². The molecule has 2 N–H and O–H groups in total. The van der Waals surface area contributed by atoms with Gasteiger partial charge in [-0.05, 0) is 19.1 Å². The Morgan fingerprint density at radius 1 is 1.44 bits per heavy atom. The molecule has 1 aromatic carbocycles. The Balaban J connectivity index is 2.43. The van der Waals surface area contributed by atoms with Gasteiger partial charge in [0.1, 0.15) is 18.5 Å². The molecule has 0 radical (unpaired) electrons. The molecule has 18 heavy (non-hydrogen) atoms. The average molecular weight is 251 g/mol. The maximum Gasteiger partial charge on any atom is 0.159 e. The number of nitrogens with one attached hydrogen (secondary N) is 1. The second-order valence-corrected chi connectivity index (χ2v) is 4.61. The molecule has 1 atom stereocenters. The standard InChI is InChI=1S/C14H21NO3/c1-10(2)15-8-13(17)9-18-14-6-4-5-12(7-14)11(3)16/h4-7,10,13,15,17H,8-9H2,1-3H3. The molecule has 0 saturated carbocycles. The van der Waals surface area contributed by atoms with Crippen molar-refractivity contribution in [2.45, 2.75) is 32.9 Å². The van der Waals surface area contributed by atoms with E-state index >= 15 is 0 Å². The Kier molecular flexibility index (Phi) is 5.82. The summed E-state index contributed by atoms with van der Waals surface area (Å²) in [6.07, 6.45) is -0.562. The summed E-state index contributed by atoms with van der Waals surface area (Å²) in [5.41, 5.74) is 0.613. The normalized spacial score (nSPS) is 12.5. The monoisotopic (exact) mass is 251 g/mol. The van der Waals surface area contributed by atoms with E-state index in [0.717, 1.165) is 0 Å². The third-order valence-electron chi connectivity index (χ3n) is 2.44. The first kappa shape index (κ1) is 14.7. The number of hydrogen-bond donors (Lipinski definition) is 2. The molecule has 1 rings (SSSR count).